The minimum Gasteiger partial charge on any atom is -0.366 e. The molecule has 0 radical (unpaired) electrons. The lowest BCUT2D eigenvalue weighted by Crippen LogP contribution is -2.09. The maximum absolute atomic E-state index is 11.2. The molecule has 2 heterocycles. The highest BCUT2D eigenvalue weighted by Crippen LogP contribution is 2.08. The predicted molar refractivity (Wildman–Crippen MR) is 59.9 cm³/mol. The molecule has 0 aliphatic heterocycles. The molecule has 2 N–H and O–H groups in total. The zero-order valence-corrected chi connectivity index (χ0v) is 9.12. The van der Waals surface area contributed by atoms with Gasteiger partial charge in [0.2, 0.25) is 0 Å². The molecule has 2 rings (SSSR count). The van der Waals surface area contributed by atoms with Gasteiger partial charge in [0.05, 0.1) is 11.8 Å². The Morgan fingerprint density at radius 1 is 1.35 bits per heavy atom. The summed E-state index contributed by atoms with van der Waals surface area (Å²) < 4.78 is 1.40. The van der Waals surface area contributed by atoms with Crippen molar-refractivity contribution in [3.63, 3.8) is 0 Å². The Labute approximate surface area is 97.1 Å². The molecule has 6 heteroatoms. The van der Waals surface area contributed by atoms with Crippen molar-refractivity contribution in [3.8, 4) is 5.82 Å². The van der Waals surface area contributed by atoms with Crippen LogP contribution in [0.5, 0.6) is 0 Å². The number of Topliss-reactive ketones (excluding diaryl/α,β-unsaturated/α-hetero) is 1. The highest BCUT2D eigenvalue weighted by atomic mass is 16.1. The molecule has 0 spiro atoms. The van der Waals surface area contributed by atoms with Crippen molar-refractivity contribution in [2.75, 3.05) is 0 Å². The molecular formula is C11H10N4O2. The molecule has 0 aliphatic rings. The lowest BCUT2D eigenvalue weighted by Gasteiger charge is -2.01. The highest BCUT2D eigenvalue weighted by molar-refractivity contribution is 5.94. The van der Waals surface area contributed by atoms with E-state index >= 15 is 0 Å². The van der Waals surface area contributed by atoms with Crippen LogP contribution in [0.1, 0.15) is 27.6 Å². The van der Waals surface area contributed by atoms with Gasteiger partial charge in [0.15, 0.2) is 11.6 Å². The number of amides is 1. The van der Waals surface area contributed by atoms with Crippen LogP contribution in [0.2, 0.25) is 0 Å². The lowest BCUT2D eigenvalue weighted by atomic mass is 10.2. The molecule has 0 atom stereocenters. The van der Waals surface area contributed by atoms with Crippen molar-refractivity contribution in [1.29, 1.82) is 0 Å². The van der Waals surface area contributed by atoms with Crippen LogP contribution in [0.4, 0.5) is 0 Å². The number of hydrogen-bond donors (Lipinski definition) is 1. The maximum Gasteiger partial charge on any atom is 0.251 e. The van der Waals surface area contributed by atoms with Gasteiger partial charge in [0.25, 0.3) is 5.91 Å². The van der Waals surface area contributed by atoms with E-state index < -0.39 is 5.91 Å². The molecule has 0 fully saturated rings. The van der Waals surface area contributed by atoms with Gasteiger partial charge < -0.3 is 5.73 Å². The van der Waals surface area contributed by atoms with Crippen LogP contribution in [0.15, 0.2) is 30.7 Å². The summed E-state index contributed by atoms with van der Waals surface area (Å²) in [6.45, 7) is 1.47. The number of ketones is 1. The van der Waals surface area contributed by atoms with Gasteiger partial charge in [0, 0.05) is 18.0 Å². The summed E-state index contributed by atoms with van der Waals surface area (Å²) >= 11 is 0. The van der Waals surface area contributed by atoms with Crippen LogP contribution in [0.25, 0.3) is 5.82 Å². The number of nitrogens with zero attached hydrogens (tertiary/aromatic N) is 3. The molecule has 0 saturated carbocycles. The summed E-state index contributed by atoms with van der Waals surface area (Å²) in [4.78, 5) is 26.2. The fourth-order valence-electron chi connectivity index (χ4n) is 1.34. The van der Waals surface area contributed by atoms with E-state index in [4.69, 9.17) is 5.73 Å². The quantitative estimate of drug-likeness (QED) is 0.780. The Balaban J connectivity index is 2.42. The van der Waals surface area contributed by atoms with Crippen LogP contribution < -0.4 is 5.73 Å². The number of pyridine rings is 1. The Bertz CT molecular complexity index is 589. The first-order valence-electron chi connectivity index (χ1n) is 4.90. The van der Waals surface area contributed by atoms with Gasteiger partial charge >= 0.3 is 0 Å². The standard InChI is InChI=1S/C11H10N4O2/c1-7(16)8-2-3-13-10(4-8)15-6-9(5-14-15)11(12)17/h2-6H,1H3,(H2,12,17). The minimum absolute atomic E-state index is 0.0593. The Kier molecular flexibility index (Phi) is 2.70. The second kappa shape index (κ2) is 4.17. The topological polar surface area (TPSA) is 90.9 Å². The van der Waals surface area contributed by atoms with Gasteiger partial charge in [-0.2, -0.15) is 5.10 Å². The summed E-state index contributed by atoms with van der Waals surface area (Å²) in [7, 11) is 0. The van der Waals surface area contributed by atoms with Crippen LogP contribution in [0.3, 0.4) is 0 Å². The number of rotatable bonds is 3. The normalized spacial score (nSPS) is 10.2. The summed E-state index contributed by atoms with van der Waals surface area (Å²) in [6.07, 6.45) is 4.33. The Morgan fingerprint density at radius 2 is 2.12 bits per heavy atom. The fourth-order valence-corrected chi connectivity index (χ4v) is 1.34. The second-order valence-electron chi connectivity index (χ2n) is 3.50. The van der Waals surface area contributed by atoms with E-state index in [-0.39, 0.29) is 5.78 Å². The second-order valence-corrected chi connectivity index (χ2v) is 3.50. The van der Waals surface area contributed by atoms with E-state index in [1.165, 1.54) is 30.2 Å². The van der Waals surface area contributed by atoms with E-state index in [0.717, 1.165) is 0 Å². The van der Waals surface area contributed by atoms with Gasteiger partial charge in [-0.25, -0.2) is 9.67 Å². The van der Waals surface area contributed by atoms with Gasteiger partial charge in [0.1, 0.15) is 0 Å². The summed E-state index contributed by atoms with van der Waals surface area (Å²) in [6, 6.07) is 3.21. The molecule has 0 saturated heterocycles. The van der Waals surface area contributed by atoms with Crippen LogP contribution in [-0.4, -0.2) is 26.5 Å². The molecule has 2 aromatic heterocycles. The molecule has 6 nitrogen and oxygen atoms in total. The number of nitrogens with two attached hydrogens (primary N) is 1. The SMILES string of the molecule is CC(=O)c1ccnc(-n2cc(C(N)=O)cn2)c1. The average molecular weight is 230 g/mol. The number of carbonyl (C=O) groups excluding carboxylic acids is 2. The van der Waals surface area contributed by atoms with E-state index in [2.05, 4.69) is 10.1 Å². The summed E-state index contributed by atoms with van der Waals surface area (Å²) in [5.74, 6) is -0.153. The van der Waals surface area contributed by atoms with E-state index in [1.54, 1.807) is 12.1 Å². The van der Waals surface area contributed by atoms with Crippen LogP contribution in [0, 0.1) is 0 Å². The Hall–Kier alpha value is -2.50. The van der Waals surface area contributed by atoms with E-state index in [1.807, 2.05) is 0 Å². The van der Waals surface area contributed by atoms with Gasteiger partial charge in [-0.1, -0.05) is 0 Å². The first-order valence-corrected chi connectivity index (χ1v) is 4.90. The van der Waals surface area contributed by atoms with Crippen molar-refractivity contribution in [3.05, 3.63) is 41.9 Å². The van der Waals surface area contributed by atoms with Gasteiger partial charge in [-0.3, -0.25) is 9.59 Å². The lowest BCUT2D eigenvalue weighted by molar-refractivity contribution is 0.0996. The van der Waals surface area contributed by atoms with Crippen molar-refractivity contribution in [2.24, 2.45) is 5.73 Å². The van der Waals surface area contributed by atoms with Crippen molar-refractivity contribution in [1.82, 2.24) is 14.8 Å². The molecule has 2 aromatic rings. The minimum atomic E-state index is -0.557. The molecule has 0 bridgehead atoms. The van der Waals surface area contributed by atoms with Crippen molar-refractivity contribution < 1.29 is 9.59 Å². The molecule has 0 unspecified atom stereocenters. The summed E-state index contributed by atoms with van der Waals surface area (Å²) in [5, 5.41) is 3.95. The maximum atomic E-state index is 11.2. The van der Waals surface area contributed by atoms with E-state index in [0.29, 0.717) is 16.9 Å². The third-order valence-corrected chi connectivity index (χ3v) is 2.25. The van der Waals surface area contributed by atoms with Crippen LogP contribution >= 0.6 is 0 Å². The van der Waals surface area contributed by atoms with Crippen LogP contribution in [-0.2, 0) is 0 Å². The fraction of sp³-hybridized carbons (Fsp3) is 0.0909. The Morgan fingerprint density at radius 3 is 2.71 bits per heavy atom. The monoisotopic (exact) mass is 230 g/mol. The largest absolute Gasteiger partial charge is 0.366 e. The number of carbonyl (C=O) groups is 2. The molecule has 0 aromatic carbocycles. The molecule has 1 amide bonds. The zero-order chi connectivity index (χ0) is 12.4. The predicted octanol–water partition coefficient (Wildman–Crippen LogP) is 0.569. The zero-order valence-electron chi connectivity index (χ0n) is 9.12. The summed E-state index contributed by atoms with van der Waals surface area (Å²) in [5.41, 5.74) is 5.94. The average Bonchev–Trinajstić information content (AvgIpc) is 2.78. The van der Waals surface area contributed by atoms with E-state index in [9.17, 15) is 9.59 Å². The number of aromatic nitrogens is 3. The first kappa shape index (κ1) is 11.0. The highest BCUT2D eigenvalue weighted by Gasteiger charge is 2.07. The van der Waals surface area contributed by atoms with Gasteiger partial charge in [-0.15, -0.1) is 0 Å². The molecule has 86 valence electrons. The number of hydrogen-bond acceptors (Lipinski definition) is 4. The van der Waals surface area contributed by atoms with Gasteiger partial charge in [-0.05, 0) is 19.1 Å². The molecule has 17 heavy (non-hydrogen) atoms. The smallest absolute Gasteiger partial charge is 0.251 e. The first-order chi connectivity index (χ1) is 8.08. The third-order valence-electron chi connectivity index (χ3n) is 2.25. The van der Waals surface area contributed by atoms with Crippen molar-refractivity contribution in [2.45, 2.75) is 6.92 Å². The number of primary amides is 1. The molecule has 0 aliphatic carbocycles. The third kappa shape index (κ3) is 2.20. The molecular weight excluding hydrogens is 220 g/mol. The van der Waals surface area contributed by atoms with Crippen molar-refractivity contribution >= 4 is 11.7 Å².